The lowest BCUT2D eigenvalue weighted by molar-refractivity contribution is 0.0855. The van der Waals surface area contributed by atoms with Crippen molar-refractivity contribution in [1.29, 1.82) is 0 Å². The van der Waals surface area contributed by atoms with Gasteiger partial charge >= 0.3 is 0 Å². The number of hydrogen-bond donors (Lipinski definition) is 1. The molecule has 2 aliphatic rings. The number of pyridine rings is 1. The molecule has 24 heavy (non-hydrogen) atoms. The van der Waals surface area contributed by atoms with Crippen LogP contribution in [0.25, 0.3) is 5.52 Å². The number of hydrogen-bond acceptors (Lipinski definition) is 4. The molecule has 0 saturated carbocycles. The molecule has 1 N–H and O–H groups in total. The fourth-order valence-corrected chi connectivity index (χ4v) is 3.80. The van der Waals surface area contributed by atoms with E-state index in [1.807, 2.05) is 24.4 Å². The third-order valence-corrected chi connectivity index (χ3v) is 5.12. The van der Waals surface area contributed by atoms with Crippen molar-refractivity contribution in [2.75, 3.05) is 26.7 Å². The average Bonchev–Trinajstić information content (AvgIpc) is 3.32. The van der Waals surface area contributed by atoms with Crippen LogP contribution in [0.15, 0.2) is 24.4 Å². The van der Waals surface area contributed by atoms with Crippen molar-refractivity contribution in [2.45, 2.75) is 37.8 Å². The summed E-state index contributed by atoms with van der Waals surface area (Å²) in [5, 5.41) is 2.99. The number of likely N-dealkylation sites (tertiary alicyclic amines) is 1. The molecule has 1 amide bonds. The summed E-state index contributed by atoms with van der Waals surface area (Å²) < 4.78 is 7.64. The molecule has 2 aromatic heterocycles. The highest BCUT2D eigenvalue weighted by Gasteiger charge is 2.29. The Balaban J connectivity index is 1.61. The minimum Gasteiger partial charge on any atom is -0.376 e. The molecule has 4 rings (SSSR count). The van der Waals surface area contributed by atoms with E-state index in [0.29, 0.717) is 12.2 Å². The van der Waals surface area contributed by atoms with Crippen LogP contribution in [0.2, 0.25) is 0 Å². The maximum Gasteiger partial charge on any atom is 0.272 e. The topological polar surface area (TPSA) is 58.9 Å². The third kappa shape index (κ3) is 2.80. The van der Waals surface area contributed by atoms with E-state index < -0.39 is 0 Å². The van der Waals surface area contributed by atoms with Crippen LogP contribution in [0, 0.1) is 0 Å². The van der Waals surface area contributed by atoms with Crippen LogP contribution in [0.4, 0.5) is 0 Å². The zero-order valence-corrected chi connectivity index (χ0v) is 14.1. The summed E-state index contributed by atoms with van der Waals surface area (Å²) in [7, 11) is 2.12. The lowest BCUT2D eigenvalue weighted by Crippen LogP contribution is -2.32. The Morgan fingerprint density at radius 2 is 2.29 bits per heavy atom. The van der Waals surface area contributed by atoms with E-state index in [9.17, 15) is 4.79 Å². The molecule has 0 aromatic carbocycles. The first-order valence-corrected chi connectivity index (χ1v) is 8.81. The lowest BCUT2D eigenvalue weighted by atomic mass is 10.2. The van der Waals surface area contributed by atoms with E-state index in [-0.39, 0.29) is 18.1 Å². The second-order valence-corrected chi connectivity index (χ2v) is 6.76. The van der Waals surface area contributed by atoms with Crippen molar-refractivity contribution in [3.8, 4) is 0 Å². The Morgan fingerprint density at radius 1 is 1.38 bits per heavy atom. The van der Waals surface area contributed by atoms with Crippen molar-refractivity contribution in [3.05, 3.63) is 35.9 Å². The predicted molar refractivity (Wildman–Crippen MR) is 91.1 cm³/mol. The van der Waals surface area contributed by atoms with E-state index >= 15 is 0 Å². The van der Waals surface area contributed by atoms with Gasteiger partial charge in [0.05, 0.1) is 17.7 Å². The van der Waals surface area contributed by atoms with Crippen LogP contribution in [0.3, 0.4) is 0 Å². The summed E-state index contributed by atoms with van der Waals surface area (Å²) in [5.74, 6) is 0.856. The average molecular weight is 328 g/mol. The molecule has 0 bridgehead atoms. The van der Waals surface area contributed by atoms with Crippen molar-refractivity contribution >= 4 is 11.4 Å². The van der Waals surface area contributed by atoms with Crippen molar-refractivity contribution in [3.63, 3.8) is 0 Å². The molecule has 128 valence electrons. The van der Waals surface area contributed by atoms with E-state index in [0.717, 1.165) is 43.8 Å². The van der Waals surface area contributed by atoms with Crippen LogP contribution in [-0.2, 0) is 4.74 Å². The van der Waals surface area contributed by atoms with E-state index in [2.05, 4.69) is 21.7 Å². The van der Waals surface area contributed by atoms with Crippen LogP contribution < -0.4 is 5.32 Å². The molecule has 2 aliphatic heterocycles. The number of carbonyl (C=O) groups excluding carboxylic acids is 1. The first kappa shape index (κ1) is 15.6. The van der Waals surface area contributed by atoms with Gasteiger partial charge in [0.15, 0.2) is 5.69 Å². The number of amides is 1. The van der Waals surface area contributed by atoms with Crippen LogP contribution in [0.5, 0.6) is 0 Å². The fourth-order valence-electron chi connectivity index (χ4n) is 3.80. The molecule has 6 heteroatoms. The zero-order chi connectivity index (χ0) is 16.5. The maximum absolute atomic E-state index is 12.7. The Labute approximate surface area is 141 Å². The van der Waals surface area contributed by atoms with Gasteiger partial charge in [-0.05, 0) is 51.4 Å². The maximum atomic E-state index is 12.7. The number of imidazole rings is 1. The van der Waals surface area contributed by atoms with Crippen LogP contribution >= 0.6 is 0 Å². The molecule has 2 aromatic rings. The summed E-state index contributed by atoms with van der Waals surface area (Å²) in [6, 6.07) is 6.18. The van der Waals surface area contributed by atoms with Gasteiger partial charge in [-0.15, -0.1) is 0 Å². The van der Waals surface area contributed by atoms with Gasteiger partial charge in [-0.2, -0.15) is 0 Å². The normalized spacial score (nSPS) is 24.7. The molecule has 6 nitrogen and oxygen atoms in total. The number of carbonyl (C=O) groups is 1. The Kier molecular flexibility index (Phi) is 4.24. The van der Waals surface area contributed by atoms with Crippen molar-refractivity contribution in [2.24, 2.45) is 0 Å². The summed E-state index contributed by atoms with van der Waals surface area (Å²) >= 11 is 0. The van der Waals surface area contributed by atoms with Gasteiger partial charge in [-0.25, -0.2) is 4.98 Å². The van der Waals surface area contributed by atoms with Gasteiger partial charge in [-0.3, -0.25) is 9.69 Å². The van der Waals surface area contributed by atoms with Gasteiger partial charge in [0.1, 0.15) is 5.82 Å². The highest BCUT2D eigenvalue weighted by atomic mass is 16.5. The number of rotatable bonds is 4. The SMILES string of the molecule is CN1CCC[C@@H]1c1nc(C(=O)NC[C@H]2CCCO2)c2ccccn12. The molecule has 0 spiro atoms. The highest BCUT2D eigenvalue weighted by Crippen LogP contribution is 2.31. The standard InChI is InChI=1S/C18H24N4O2/c1-21-9-4-8-15(21)17-20-16(14-7-2-3-10-22(14)17)18(23)19-12-13-6-5-11-24-13/h2-3,7,10,13,15H,4-6,8-9,11-12H2,1H3,(H,19,23)/t13-,15-/m1/s1. The van der Waals surface area contributed by atoms with Crippen molar-refractivity contribution in [1.82, 2.24) is 19.6 Å². The molecule has 2 saturated heterocycles. The molecule has 0 unspecified atom stereocenters. The molecule has 2 atom stereocenters. The summed E-state index contributed by atoms with van der Waals surface area (Å²) in [5.41, 5.74) is 1.39. The second-order valence-electron chi connectivity index (χ2n) is 6.76. The van der Waals surface area contributed by atoms with Gasteiger partial charge < -0.3 is 14.5 Å². The van der Waals surface area contributed by atoms with Gasteiger partial charge in [0.2, 0.25) is 0 Å². The Morgan fingerprint density at radius 3 is 3.04 bits per heavy atom. The van der Waals surface area contributed by atoms with Crippen LogP contribution in [0.1, 0.15) is 48.0 Å². The zero-order valence-electron chi connectivity index (χ0n) is 14.1. The van der Waals surface area contributed by atoms with Gasteiger partial charge in [0, 0.05) is 19.3 Å². The first-order chi connectivity index (χ1) is 11.7. The molecule has 0 aliphatic carbocycles. The Hall–Kier alpha value is -1.92. The van der Waals surface area contributed by atoms with E-state index in [1.165, 1.54) is 6.42 Å². The van der Waals surface area contributed by atoms with Crippen molar-refractivity contribution < 1.29 is 9.53 Å². The lowest BCUT2D eigenvalue weighted by Gasteiger charge is -2.17. The Bertz CT molecular complexity index is 736. The highest BCUT2D eigenvalue weighted by molar-refractivity contribution is 5.99. The fraction of sp³-hybridized carbons (Fsp3) is 0.556. The number of aromatic nitrogens is 2. The van der Waals surface area contributed by atoms with Gasteiger partial charge in [-0.1, -0.05) is 6.07 Å². The number of nitrogens with one attached hydrogen (secondary N) is 1. The summed E-state index contributed by atoms with van der Waals surface area (Å²) in [4.78, 5) is 19.7. The summed E-state index contributed by atoms with van der Waals surface area (Å²) in [6.45, 7) is 2.43. The second kappa shape index (κ2) is 6.53. The molecule has 0 radical (unpaired) electrons. The van der Waals surface area contributed by atoms with Gasteiger partial charge in [0.25, 0.3) is 5.91 Å². The quantitative estimate of drug-likeness (QED) is 0.933. The van der Waals surface area contributed by atoms with Crippen LogP contribution in [-0.4, -0.2) is 53.0 Å². The molecule has 2 fully saturated rings. The number of ether oxygens (including phenoxy) is 1. The minimum atomic E-state index is -0.110. The third-order valence-electron chi connectivity index (χ3n) is 5.12. The molecule has 4 heterocycles. The number of fused-ring (bicyclic) bond motifs is 1. The molecular formula is C18H24N4O2. The smallest absolute Gasteiger partial charge is 0.272 e. The molecular weight excluding hydrogens is 304 g/mol. The van der Waals surface area contributed by atoms with E-state index in [1.54, 1.807) is 0 Å². The largest absolute Gasteiger partial charge is 0.376 e. The summed E-state index contributed by atoms with van der Waals surface area (Å²) in [6.07, 6.45) is 6.49. The predicted octanol–water partition coefficient (Wildman–Crippen LogP) is 2.01. The van der Waals surface area contributed by atoms with E-state index in [4.69, 9.17) is 9.72 Å². The minimum absolute atomic E-state index is 0.110. The number of nitrogens with zero attached hydrogens (tertiary/aromatic N) is 3. The monoisotopic (exact) mass is 328 g/mol. The first-order valence-electron chi connectivity index (χ1n) is 8.81.